The molecule has 0 spiro atoms. The van der Waals surface area contributed by atoms with Crippen molar-refractivity contribution in [2.75, 3.05) is 0 Å². The fourth-order valence-corrected chi connectivity index (χ4v) is 1.08. The van der Waals surface area contributed by atoms with Gasteiger partial charge in [-0.1, -0.05) is 0 Å². The van der Waals surface area contributed by atoms with E-state index in [4.69, 9.17) is 0 Å². The van der Waals surface area contributed by atoms with E-state index in [0.29, 0.717) is 0 Å². The summed E-state index contributed by atoms with van der Waals surface area (Å²) in [6, 6.07) is 0. The van der Waals surface area contributed by atoms with Crippen molar-refractivity contribution in [2.45, 2.75) is 17.9 Å². The van der Waals surface area contributed by atoms with Crippen LogP contribution < -0.4 is 0 Å². The zero-order valence-corrected chi connectivity index (χ0v) is 8.24. The molecule has 0 unspecified atom stereocenters. The third-order valence-corrected chi connectivity index (χ3v) is 2.39. The lowest BCUT2D eigenvalue weighted by atomic mass is 10.4. The highest BCUT2D eigenvalue weighted by atomic mass is 32.4. The first-order chi connectivity index (χ1) is 7.37. The Bertz CT molecular complexity index is 402. The molecule has 0 aliphatic heterocycles. The third kappa shape index (κ3) is 3.52. The van der Waals surface area contributed by atoms with E-state index < -0.39 is 33.6 Å². The molecule has 0 rings (SSSR count). The Balaban J connectivity index is 6.15. The first kappa shape index (κ1) is 17.1. The highest BCUT2D eigenvalue weighted by Gasteiger charge is 2.67. The van der Waals surface area contributed by atoms with Crippen molar-refractivity contribution in [3.05, 3.63) is 0 Å². The first-order valence-electron chi connectivity index (χ1n) is 3.29. The van der Waals surface area contributed by atoms with E-state index in [-0.39, 0.29) is 4.40 Å². The maximum Gasteiger partial charge on any atom is 0.522 e. The van der Waals surface area contributed by atoms with Gasteiger partial charge in [0, 0.05) is 0 Å². The van der Waals surface area contributed by atoms with Crippen LogP contribution in [0.15, 0.2) is 4.40 Å². The molecule has 0 aromatic carbocycles. The molecule has 0 N–H and O–H groups in total. The predicted molar refractivity (Wildman–Crippen MR) is 36.0 cm³/mol. The first-order valence-corrected chi connectivity index (χ1v) is 5.01. The molecule has 14 heteroatoms. The topological polar surface area (TPSA) is 29.4 Å². The van der Waals surface area contributed by atoms with Crippen LogP contribution in [0.1, 0.15) is 0 Å². The predicted octanol–water partition coefficient (Wildman–Crippen LogP) is 3.58. The second-order valence-corrected chi connectivity index (χ2v) is 4.70. The Hall–Kier alpha value is -0.950. The van der Waals surface area contributed by atoms with E-state index in [2.05, 4.69) is 0 Å². The largest absolute Gasteiger partial charge is 0.522 e. The zero-order chi connectivity index (χ0) is 15.2. The lowest BCUT2D eigenvalue weighted by Crippen LogP contribution is -2.43. The molecule has 0 fully saturated rings. The minimum atomic E-state index is -9.50. The molecule has 110 valence electrons. The Kier molecular flexibility index (Phi) is 3.57. The van der Waals surface area contributed by atoms with Gasteiger partial charge >= 0.3 is 27.9 Å². The smallest absolute Gasteiger partial charge is 0.190 e. The summed E-state index contributed by atoms with van der Waals surface area (Å²) in [4.78, 5) is 0. The van der Waals surface area contributed by atoms with Crippen LogP contribution in [0, 0.1) is 0 Å². The van der Waals surface area contributed by atoms with E-state index in [9.17, 15) is 51.5 Å². The van der Waals surface area contributed by atoms with Crippen LogP contribution in [0.4, 0.5) is 47.3 Å². The van der Waals surface area contributed by atoms with Gasteiger partial charge in [0.2, 0.25) is 5.71 Å². The van der Waals surface area contributed by atoms with E-state index in [1.807, 2.05) is 0 Å². The Morgan fingerprint density at radius 2 is 1.06 bits per heavy atom. The zero-order valence-electron chi connectivity index (χ0n) is 7.42. The molecule has 0 aromatic heterocycles. The molecule has 0 aromatic rings. The van der Waals surface area contributed by atoms with Gasteiger partial charge in [-0.15, -0.1) is 12.2 Å². The van der Waals surface area contributed by atoms with Crippen molar-refractivity contribution in [3.63, 3.8) is 0 Å². The van der Waals surface area contributed by atoms with Crippen LogP contribution in [-0.4, -0.2) is 27.8 Å². The summed E-state index contributed by atoms with van der Waals surface area (Å²) in [7, 11) is -9.50. The van der Waals surface area contributed by atoms with Crippen molar-refractivity contribution in [1.29, 1.82) is 0 Å². The van der Waals surface area contributed by atoms with Crippen molar-refractivity contribution < 1.29 is 51.5 Å². The summed E-state index contributed by atoms with van der Waals surface area (Å²) < 4.78 is 139. The molecule has 0 atom stereocenters. The third-order valence-electron chi connectivity index (χ3n) is 1.15. The van der Waals surface area contributed by atoms with Crippen LogP contribution in [0.25, 0.3) is 0 Å². The number of alkyl halides is 9. The molecule has 18 heavy (non-hydrogen) atoms. The highest BCUT2D eigenvalue weighted by molar-refractivity contribution is 8.10. The molecule has 0 radical (unpaired) electrons. The van der Waals surface area contributed by atoms with E-state index in [1.165, 1.54) is 0 Å². The summed E-state index contributed by atoms with van der Waals surface area (Å²) in [5.41, 5.74) is -11.6. The molecule has 0 saturated heterocycles. The molecule has 0 aliphatic rings. The molecule has 0 bridgehead atoms. The lowest BCUT2D eigenvalue weighted by Gasteiger charge is -2.24. The van der Waals surface area contributed by atoms with Crippen molar-refractivity contribution >= 4 is 15.7 Å². The van der Waals surface area contributed by atoms with E-state index >= 15 is 0 Å². The van der Waals surface area contributed by atoms with Crippen LogP contribution >= 0.6 is 0 Å². The maximum atomic E-state index is 12.2. The highest BCUT2D eigenvalue weighted by Crippen LogP contribution is 2.49. The summed E-state index contributed by atoms with van der Waals surface area (Å²) in [5.74, 6) is 0. The second kappa shape index (κ2) is 3.77. The van der Waals surface area contributed by atoms with Crippen molar-refractivity contribution in [2.24, 2.45) is 4.40 Å². The molecular weight excluding hydrogens is 319 g/mol. The SMILES string of the molecule is O=S(F)(F)(N=C(C(F)(F)F)C(F)(F)F)C(F)(F)F. The van der Waals surface area contributed by atoms with Gasteiger partial charge in [0.05, 0.1) is 0 Å². The Morgan fingerprint density at radius 1 is 0.778 bits per heavy atom. The van der Waals surface area contributed by atoms with Gasteiger partial charge in [-0.2, -0.15) is 43.7 Å². The Morgan fingerprint density at radius 3 is 1.22 bits per heavy atom. The minimum Gasteiger partial charge on any atom is -0.190 e. The quantitative estimate of drug-likeness (QED) is 0.413. The molecule has 0 amide bonds. The van der Waals surface area contributed by atoms with Gasteiger partial charge in [-0.3, -0.25) is 0 Å². The molecule has 2 nitrogen and oxygen atoms in total. The van der Waals surface area contributed by atoms with Crippen LogP contribution in [0.5, 0.6) is 0 Å². The fraction of sp³-hybridized carbons (Fsp3) is 0.750. The molecule has 0 aliphatic carbocycles. The van der Waals surface area contributed by atoms with E-state index in [0.717, 1.165) is 0 Å². The van der Waals surface area contributed by atoms with Gasteiger partial charge in [0.1, 0.15) is 0 Å². The number of rotatable bonds is 1. The summed E-state index contributed by atoms with van der Waals surface area (Å²) >= 11 is 0. The maximum absolute atomic E-state index is 12.2. The van der Waals surface area contributed by atoms with Crippen LogP contribution in [-0.2, 0) is 10.0 Å². The Labute approximate surface area is 90.6 Å². The summed E-state index contributed by atoms with van der Waals surface area (Å²) in [6.07, 6.45) is -13.4. The standard InChI is InChI=1S/C4F11NOS/c5-2(6,7)1(3(8,9)10)16-18(14,15,17)4(11,12)13. The van der Waals surface area contributed by atoms with Gasteiger partial charge in [-0.05, 0) is 0 Å². The summed E-state index contributed by atoms with van der Waals surface area (Å²) in [6.45, 7) is 0. The van der Waals surface area contributed by atoms with Crippen LogP contribution in [0.2, 0.25) is 0 Å². The summed E-state index contributed by atoms with van der Waals surface area (Å²) in [5, 5.41) is 0. The number of hydrogen-bond donors (Lipinski definition) is 0. The van der Waals surface area contributed by atoms with Gasteiger partial charge < -0.3 is 0 Å². The second-order valence-electron chi connectivity index (χ2n) is 2.61. The molecule has 0 saturated carbocycles. The van der Waals surface area contributed by atoms with Crippen LogP contribution in [0.3, 0.4) is 0 Å². The minimum absolute atomic E-state index is 0.115. The average molecular weight is 319 g/mol. The van der Waals surface area contributed by atoms with Gasteiger partial charge in [0.25, 0.3) is 0 Å². The van der Waals surface area contributed by atoms with Crippen molar-refractivity contribution in [1.82, 2.24) is 0 Å². The molecular formula is C4F11NOS. The average Bonchev–Trinajstić information content (AvgIpc) is 1.92. The van der Waals surface area contributed by atoms with Crippen molar-refractivity contribution in [3.8, 4) is 0 Å². The molecule has 0 heterocycles. The number of nitrogens with zero attached hydrogens (tertiary/aromatic N) is 1. The number of hydrogen-bond acceptors (Lipinski definition) is 1. The van der Waals surface area contributed by atoms with Gasteiger partial charge in [0.15, 0.2) is 0 Å². The number of halogens is 11. The lowest BCUT2D eigenvalue weighted by molar-refractivity contribution is -0.118. The normalized spacial score (nSPS) is 16.9. The van der Waals surface area contributed by atoms with Gasteiger partial charge in [-0.25, -0.2) is 0 Å². The fourth-order valence-electron chi connectivity index (χ4n) is 0.468. The monoisotopic (exact) mass is 319 g/mol. The van der Waals surface area contributed by atoms with E-state index in [1.54, 1.807) is 0 Å².